The molecule has 0 bridgehead atoms. The Morgan fingerprint density at radius 3 is 2.76 bits per heavy atom. The summed E-state index contributed by atoms with van der Waals surface area (Å²) in [6.07, 6.45) is 7.76. The number of nitrogens with zero attached hydrogens (tertiary/aromatic N) is 4. The number of benzene rings is 1. The summed E-state index contributed by atoms with van der Waals surface area (Å²) in [5.74, 6) is 1.22. The minimum absolute atomic E-state index is 0.405. The van der Waals surface area contributed by atoms with Crippen molar-refractivity contribution >= 4 is 33.8 Å². The van der Waals surface area contributed by atoms with Crippen LogP contribution in [-0.4, -0.2) is 57.8 Å². The van der Waals surface area contributed by atoms with Crippen LogP contribution in [0.2, 0.25) is 0 Å². The van der Waals surface area contributed by atoms with E-state index in [1.54, 1.807) is 7.11 Å². The lowest BCUT2D eigenvalue weighted by Crippen LogP contribution is -2.39. The molecular weight excluding hydrogens is 382 g/mol. The van der Waals surface area contributed by atoms with Crippen molar-refractivity contribution in [2.45, 2.75) is 12.8 Å². The second kappa shape index (κ2) is 8.98. The fraction of sp³-hybridized carbons (Fsp3) is 0.409. The Morgan fingerprint density at radius 2 is 2.03 bits per heavy atom. The number of thiocarbonyl (C=S) groups is 1. The molecule has 0 aliphatic carbocycles. The van der Waals surface area contributed by atoms with Crippen LogP contribution in [0.3, 0.4) is 0 Å². The van der Waals surface area contributed by atoms with Crippen LogP contribution in [-0.2, 0) is 11.8 Å². The van der Waals surface area contributed by atoms with Gasteiger partial charge in [-0.05, 0) is 43.5 Å². The molecule has 3 aromatic rings. The SMILES string of the molecule is COCCN1CCC(C(=S)Nc2cc3cc(-c4cncn4C)ccc3cn2)CC1. The Hall–Kier alpha value is -2.35. The Balaban J connectivity index is 1.44. The second-order valence-electron chi connectivity index (χ2n) is 7.62. The molecule has 2 aromatic heterocycles. The quantitative estimate of drug-likeness (QED) is 0.626. The molecule has 0 amide bonds. The van der Waals surface area contributed by atoms with Crippen LogP contribution in [0.1, 0.15) is 12.8 Å². The molecule has 1 N–H and O–H groups in total. The summed E-state index contributed by atoms with van der Waals surface area (Å²) in [5.41, 5.74) is 2.23. The number of fused-ring (bicyclic) bond motifs is 1. The molecule has 1 aromatic carbocycles. The van der Waals surface area contributed by atoms with Gasteiger partial charge in [0, 0.05) is 43.8 Å². The number of hydrogen-bond donors (Lipinski definition) is 1. The molecule has 0 atom stereocenters. The number of nitrogens with one attached hydrogen (secondary N) is 1. The highest BCUT2D eigenvalue weighted by Crippen LogP contribution is 2.26. The van der Waals surface area contributed by atoms with Gasteiger partial charge in [0.05, 0.1) is 29.8 Å². The molecule has 1 aliphatic rings. The fourth-order valence-corrected chi connectivity index (χ4v) is 4.21. The van der Waals surface area contributed by atoms with Gasteiger partial charge in [-0.1, -0.05) is 24.4 Å². The number of anilines is 1. The van der Waals surface area contributed by atoms with E-state index in [0.29, 0.717) is 5.92 Å². The smallest absolute Gasteiger partial charge is 0.131 e. The molecule has 0 spiro atoms. The van der Waals surface area contributed by atoms with Crippen molar-refractivity contribution in [2.24, 2.45) is 13.0 Å². The largest absolute Gasteiger partial charge is 0.383 e. The van der Waals surface area contributed by atoms with E-state index in [1.807, 2.05) is 30.3 Å². The number of methoxy groups -OCH3 is 1. The minimum Gasteiger partial charge on any atom is -0.383 e. The minimum atomic E-state index is 0.405. The third kappa shape index (κ3) is 4.63. The molecule has 1 aliphatic heterocycles. The maximum atomic E-state index is 5.71. The third-order valence-electron chi connectivity index (χ3n) is 5.66. The van der Waals surface area contributed by atoms with Crippen molar-refractivity contribution in [1.82, 2.24) is 19.4 Å². The van der Waals surface area contributed by atoms with E-state index < -0.39 is 0 Å². The maximum Gasteiger partial charge on any atom is 0.131 e. The summed E-state index contributed by atoms with van der Waals surface area (Å²) in [7, 11) is 3.76. The second-order valence-corrected chi connectivity index (χ2v) is 8.06. The van der Waals surface area contributed by atoms with Crippen molar-refractivity contribution in [2.75, 3.05) is 38.7 Å². The number of aryl methyl sites for hydroxylation is 1. The highest BCUT2D eigenvalue weighted by Gasteiger charge is 2.22. The lowest BCUT2D eigenvalue weighted by atomic mass is 9.96. The van der Waals surface area contributed by atoms with Gasteiger partial charge >= 0.3 is 0 Å². The molecule has 0 radical (unpaired) electrons. The molecule has 6 nitrogen and oxygen atoms in total. The van der Waals surface area contributed by atoms with Crippen molar-refractivity contribution in [3.8, 4) is 11.3 Å². The maximum absolute atomic E-state index is 5.71. The van der Waals surface area contributed by atoms with E-state index in [1.165, 1.54) is 0 Å². The lowest BCUT2D eigenvalue weighted by molar-refractivity contribution is 0.129. The summed E-state index contributed by atoms with van der Waals surface area (Å²) in [6.45, 7) is 3.91. The lowest BCUT2D eigenvalue weighted by Gasteiger charge is -2.32. The zero-order valence-electron chi connectivity index (χ0n) is 17.0. The van der Waals surface area contributed by atoms with Crippen LogP contribution < -0.4 is 5.32 Å². The van der Waals surface area contributed by atoms with Gasteiger partial charge in [0.25, 0.3) is 0 Å². The Kier molecular flexibility index (Phi) is 6.18. The monoisotopic (exact) mass is 409 g/mol. The first-order chi connectivity index (χ1) is 14.1. The molecule has 29 heavy (non-hydrogen) atoms. The first-order valence-electron chi connectivity index (χ1n) is 10.0. The molecule has 4 rings (SSSR count). The van der Waals surface area contributed by atoms with E-state index >= 15 is 0 Å². The fourth-order valence-electron chi connectivity index (χ4n) is 3.87. The average molecular weight is 410 g/mol. The topological polar surface area (TPSA) is 55.2 Å². The first kappa shape index (κ1) is 19.9. The molecular formula is C22H27N5OS. The summed E-state index contributed by atoms with van der Waals surface area (Å²) >= 11 is 5.71. The number of pyridine rings is 1. The number of ether oxygens (including phenoxy) is 1. The Morgan fingerprint density at radius 1 is 1.21 bits per heavy atom. The standard InChI is InChI=1S/C22H27N5OS/c1-26-15-23-14-20(26)17-3-4-18-13-24-21(12-19(18)11-17)25-22(29)16-5-7-27(8-6-16)9-10-28-2/h3-4,11-16H,5-10H2,1-2H3,(H,24,25,29). The van der Waals surface area contributed by atoms with Crippen LogP contribution in [0.15, 0.2) is 43.0 Å². The van der Waals surface area contributed by atoms with Crippen LogP contribution >= 0.6 is 12.2 Å². The van der Waals surface area contributed by atoms with E-state index in [-0.39, 0.29) is 0 Å². The predicted molar refractivity (Wildman–Crippen MR) is 121 cm³/mol. The summed E-state index contributed by atoms with van der Waals surface area (Å²) < 4.78 is 7.20. The summed E-state index contributed by atoms with van der Waals surface area (Å²) in [6, 6.07) is 8.46. The zero-order chi connectivity index (χ0) is 20.2. The molecule has 0 saturated carbocycles. The van der Waals surface area contributed by atoms with Crippen LogP contribution in [0.25, 0.3) is 22.0 Å². The number of rotatable bonds is 6. The van der Waals surface area contributed by atoms with Crippen LogP contribution in [0, 0.1) is 5.92 Å². The average Bonchev–Trinajstić information content (AvgIpc) is 3.18. The van der Waals surface area contributed by atoms with Crippen molar-refractivity contribution in [3.63, 3.8) is 0 Å². The van der Waals surface area contributed by atoms with Crippen LogP contribution in [0.4, 0.5) is 5.82 Å². The van der Waals surface area contributed by atoms with E-state index in [9.17, 15) is 0 Å². The Labute approximate surface area is 176 Å². The Bertz CT molecular complexity index is 994. The van der Waals surface area contributed by atoms with Crippen molar-refractivity contribution in [1.29, 1.82) is 0 Å². The van der Waals surface area contributed by atoms with Crippen molar-refractivity contribution < 1.29 is 4.74 Å². The highest BCUT2D eigenvalue weighted by atomic mass is 32.1. The van der Waals surface area contributed by atoms with Gasteiger partial charge in [0.2, 0.25) is 0 Å². The predicted octanol–water partition coefficient (Wildman–Crippen LogP) is 3.73. The van der Waals surface area contributed by atoms with Gasteiger partial charge < -0.3 is 19.5 Å². The van der Waals surface area contributed by atoms with Gasteiger partial charge in [-0.25, -0.2) is 9.97 Å². The molecule has 0 unspecified atom stereocenters. The van der Waals surface area contributed by atoms with Gasteiger partial charge in [-0.3, -0.25) is 0 Å². The normalized spacial score (nSPS) is 15.7. The molecule has 152 valence electrons. The van der Waals surface area contributed by atoms with Crippen LogP contribution in [0.5, 0.6) is 0 Å². The van der Waals surface area contributed by atoms with E-state index in [2.05, 4.69) is 44.5 Å². The number of hydrogen-bond acceptors (Lipinski definition) is 5. The third-order valence-corrected chi connectivity index (χ3v) is 6.09. The molecule has 7 heteroatoms. The number of piperidine rings is 1. The van der Waals surface area contributed by atoms with Crippen molar-refractivity contribution in [3.05, 3.63) is 43.0 Å². The molecule has 1 fully saturated rings. The van der Waals surface area contributed by atoms with E-state index in [0.717, 1.165) is 71.9 Å². The molecule has 3 heterocycles. The van der Waals surface area contributed by atoms with Gasteiger partial charge in [-0.2, -0.15) is 0 Å². The first-order valence-corrected chi connectivity index (χ1v) is 10.4. The van der Waals surface area contributed by atoms with E-state index in [4.69, 9.17) is 17.0 Å². The van der Waals surface area contributed by atoms with Gasteiger partial charge in [0.15, 0.2) is 0 Å². The number of imidazole rings is 1. The number of likely N-dealkylation sites (tertiary alicyclic amines) is 1. The highest BCUT2D eigenvalue weighted by molar-refractivity contribution is 7.80. The summed E-state index contributed by atoms with van der Waals surface area (Å²) in [5, 5.41) is 5.63. The number of aromatic nitrogens is 3. The zero-order valence-corrected chi connectivity index (χ0v) is 17.8. The van der Waals surface area contributed by atoms with Gasteiger partial charge in [0.1, 0.15) is 5.82 Å². The molecule has 1 saturated heterocycles. The van der Waals surface area contributed by atoms with Gasteiger partial charge in [-0.15, -0.1) is 0 Å². The summed E-state index contributed by atoms with van der Waals surface area (Å²) in [4.78, 5) is 12.1.